The number of thiophene rings is 1. The molecule has 15 heteroatoms. The highest BCUT2D eigenvalue weighted by Gasteiger charge is 2.49. The Bertz CT molecular complexity index is 2380. The van der Waals surface area contributed by atoms with Crippen molar-refractivity contribution in [3.63, 3.8) is 0 Å². The molecule has 3 aliphatic heterocycles. The molecule has 0 saturated carbocycles. The second-order valence-corrected chi connectivity index (χ2v) is 16.7. The molecule has 280 valence electrons. The highest BCUT2D eigenvalue weighted by Crippen LogP contribution is 2.47. The first-order chi connectivity index (χ1) is 25.7. The Morgan fingerprint density at radius 2 is 2.04 bits per heavy atom. The van der Waals surface area contributed by atoms with Gasteiger partial charge in [-0.15, -0.1) is 11.3 Å². The van der Waals surface area contributed by atoms with Gasteiger partial charge in [0, 0.05) is 54.3 Å². The van der Waals surface area contributed by atoms with Crippen LogP contribution in [0.2, 0.25) is 5.02 Å². The SMILES string of the molecule is CC1Cc2cnccc2CN1c1nc(OC[C@@]23CCCN2C[C@H](F)C3)nc2c(F)c(-c3ccc(F)c4sc(NC(=O)OC(C)(C)C)c(C#N)c34)c(Cl)cc12. The number of rotatable bonds is 6. The van der Waals surface area contributed by atoms with Crippen LogP contribution in [0.1, 0.15) is 63.6 Å². The van der Waals surface area contributed by atoms with Crippen LogP contribution in [0.5, 0.6) is 6.01 Å². The summed E-state index contributed by atoms with van der Waals surface area (Å²) in [6, 6.07) is 7.97. The Kier molecular flexibility index (Phi) is 9.10. The molecule has 1 N–H and O–H groups in total. The van der Waals surface area contributed by atoms with Crippen molar-refractivity contribution >= 4 is 60.8 Å². The normalized spacial score (nSPS) is 21.3. The predicted molar refractivity (Wildman–Crippen MR) is 202 cm³/mol. The van der Waals surface area contributed by atoms with Crippen LogP contribution < -0.4 is 15.0 Å². The number of anilines is 2. The van der Waals surface area contributed by atoms with Crippen molar-refractivity contribution in [3.05, 3.63) is 70.0 Å². The molecular formula is C39H37ClF3N7O3S. The lowest BCUT2D eigenvalue weighted by Gasteiger charge is -2.36. The van der Waals surface area contributed by atoms with Crippen molar-refractivity contribution in [1.29, 1.82) is 5.26 Å². The molecule has 5 aromatic rings. The van der Waals surface area contributed by atoms with E-state index >= 15 is 8.78 Å². The number of hydrogen-bond donors (Lipinski definition) is 1. The monoisotopic (exact) mass is 775 g/mol. The van der Waals surface area contributed by atoms with E-state index < -0.39 is 35.0 Å². The van der Waals surface area contributed by atoms with Gasteiger partial charge in [-0.1, -0.05) is 17.7 Å². The number of amides is 1. The number of alkyl halides is 1. The Morgan fingerprint density at radius 3 is 2.81 bits per heavy atom. The van der Waals surface area contributed by atoms with E-state index in [2.05, 4.69) is 31.2 Å². The molecule has 1 amide bonds. The summed E-state index contributed by atoms with van der Waals surface area (Å²) in [6.45, 7) is 8.83. The van der Waals surface area contributed by atoms with Gasteiger partial charge in [-0.25, -0.2) is 18.0 Å². The Hall–Kier alpha value is -4.71. The molecule has 3 aliphatic rings. The van der Waals surface area contributed by atoms with Crippen LogP contribution in [0.3, 0.4) is 0 Å². The lowest BCUT2D eigenvalue weighted by Crippen LogP contribution is -2.43. The molecule has 2 fully saturated rings. The van der Waals surface area contributed by atoms with Gasteiger partial charge in [-0.05, 0) is 88.4 Å². The molecule has 0 bridgehead atoms. The molecule has 2 aromatic carbocycles. The van der Waals surface area contributed by atoms with Crippen molar-refractivity contribution in [2.45, 2.75) is 83.3 Å². The van der Waals surface area contributed by atoms with Crippen LogP contribution >= 0.6 is 22.9 Å². The predicted octanol–water partition coefficient (Wildman–Crippen LogP) is 8.96. The molecule has 3 aromatic heterocycles. The van der Waals surface area contributed by atoms with E-state index in [1.165, 1.54) is 12.1 Å². The third-order valence-corrected chi connectivity index (χ3v) is 11.9. The summed E-state index contributed by atoms with van der Waals surface area (Å²) in [5.74, 6) is -1.08. The highest BCUT2D eigenvalue weighted by molar-refractivity contribution is 7.23. The summed E-state index contributed by atoms with van der Waals surface area (Å²) in [6.07, 6.45) is 4.48. The second kappa shape index (κ2) is 13.5. The maximum Gasteiger partial charge on any atom is 0.412 e. The van der Waals surface area contributed by atoms with Crippen LogP contribution in [0.25, 0.3) is 32.1 Å². The first kappa shape index (κ1) is 36.3. The minimum Gasteiger partial charge on any atom is -0.461 e. The molecule has 8 rings (SSSR count). The summed E-state index contributed by atoms with van der Waals surface area (Å²) >= 11 is 7.81. The molecule has 1 unspecified atom stereocenters. The van der Waals surface area contributed by atoms with Gasteiger partial charge in [0.1, 0.15) is 46.6 Å². The lowest BCUT2D eigenvalue weighted by atomic mass is 9.95. The number of nitrogens with one attached hydrogen (secondary N) is 1. The lowest BCUT2D eigenvalue weighted by molar-refractivity contribution is 0.0636. The van der Waals surface area contributed by atoms with Gasteiger partial charge in [0.25, 0.3) is 0 Å². The number of nitrogens with zero attached hydrogens (tertiary/aromatic N) is 6. The van der Waals surface area contributed by atoms with E-state index in [1.54, 1.807) is 33.0 Å². The minimum absolute atomic E-state index is 0.0159. The van der Waals surface area contributed by atoms with Crippen LogP contribution in [-0.2, 0) is 17.7 Å². The van der Waals surface area contributed by atoms with E-state index in [-0.39, 0.29) is 61.0 Å². The molecule has 6 heterocycles. The minimum atomic E-state index is -0.962. The number of ether oxygens (including phenoxy) is 2. The van der Waals surface area contributed by atoms with E-state index in [1.807, 2.05) is 19.2 Å². The Balaban J connectivity index is 1.28. The van der Waals surface area contributed by atoms with Gasteiger partial charge in [-0.3, -0.25) is 15.2 Å². The number of aromatic nitrogens is 3. The van der Waals surface area contributed by atoms with E-state index in [4.69, 9.17) is 26.1 Å². The molecule has 0 aliphatic carbocycles. The topological polar surface area (TPSA) is 116 Å². The quantitative estimate of drug-likeness (QED) is 0.180. The molecule has 0 radical (unpaired) electrons. The van der Waals surface area contributed by atoms with Crippen molar-refractivity contribution in [1.82, 2.24) is 19.9 Å². The first-order valence-electron chi connectivity index (χ1n) is 17.8. The number of pyridine rings is 1. The van der Waals surface area contributed by atoms with Crippen molar-refractivity contribution < 1.29 is 27.4 Å². The molecule has 3 atom stereocenters. The second-order valence-electron chi connectivity index (χ2n) is 15.3. The van der Waals surface area contributed by atoms with Crippen molar-refractivity contribution in [3.8, 4) is 23.2 Å². The number of halogens is 4. The first-order valence-corrected chi connectivity index (χ1v) is 19.0. The average molecular weight is 776 g/mol. The fourth-order valence-electron chi connectivity index (χ4n) is 8.15. The molecular weight excluding hydrogens is 739 g/mol. The van der Waals surface area contributed by atoms with Gasteiger partial charge in [-0.2, -0.15) is 15.2 Å². The summed E-state index contributed by atoms with van der Waals surface area (Å²) in [5.41, 5.74) is 0.697. The Labute approximate surface area is 318 Å². The number of carbonyl (C=O) groups excluding carboxylic acids is 1. The number of fused-ring (bicyclic) bond motifs is 4. The average Bonchev–Trinajstić information content (AvgIpc) is 3.77. The van der Waals surface area contributed by atoms with Crippen molar-refractivity contribution in [2.75, 3.05) is 29.9 Å². The number of nitriles is 1. The third-order valence-electron chi connectivity index (χ3n) is 10.5. The fraction of sp³-hybridized carbons (Fsp3) is 0.410. The van der Waals surface area contributed by atoms with Crippen LogP contribution in [-0.4, -0.2) is 69.0 Å². The fourth-order valence-corrected chi connectivity index (χ4v) is 9.52. The smallest absolute Gasteiger partial charge is 0.412 e. The maximum absolute atomic E-state index is 17.4. The van der Waals surface area contributed by atoms with Gasteiger partial charge >= 0.3 is 12.1 Å². The van der Waals surface area contributed by atoms with Crippen molar-refractivity contribution in [2.24, 2.45) is 0 Å². The highest BCUT2D eigenvalue weighted by atomic mass is 35.5. The molecule has 0 spiro atoms. The van der Waals surface area contributed by atoms with Gasteiger partial charge in [0.05, 0.1) is 20.8 Å². The van der Waals surface area contributed by atoms with E-state index in [0.29, 0.717) is 37.1 Å². The largest absolute Gasteiger partial charge is 0.461 e. The summed E-state index contributed by atoms with van der Waals surface area (Å²) in [7, 11) is 0. The van der Waals surface area contributed by atoms with Crippen LogP contribution in [0, 0.1) is 23.0 Å². The van der Waals surface area contributed by atoms with Gasteiger partial charge < -0.3 is 14.4 Å². The number of carbonyl (C=O) groups is 1. The molecule has 2 saturated heterocycles. The summed E-state index contributed by atoms with van der Waals surface area (Å²) in [4.78, 5) is 30.6. The third kappa shape index (κ3) is 6.35. The zero-order chi connectivity index (χ0) is 38.1. The van der Waals surface area contributed by atoms with E-state index in [9.17, 15) is 14.4 Å². The summed E-state index contributed by atoms with van der Waals surface area (Å²) < 4.78 is 59.1. The molecule has 54 heavy (non-hydrogen) atoms. The van der Waals surface area contributed by atoms with E-state index in [0.717, 1.165) is 41.9 Å². The zero-order valence-corrected chi connectivity index (χ0v) is 31.7. The summed E-state index contributed by atoms with van der Waals surface area (Å²) in [5, 5.41) is 13.3. The Morgan fingerprint density at radius 1 is 1.22 bits per heavy atom. The van der Waals surface area contributed by atoms with Gasteiger partial charge in [0.15, 0.2) is 5.82 Å². The maximum atomic E-state index is 17.4. The number of benzene rings is 2. The molecule has 10 nitrogen and oxygen atoms in total. The zero-order valence-electron chi connectivity index (χ0n) is 30.1. The number of hydrogen-bond acceptors (Lipinski definition) is 10. The van der Waals surface area contributed by atoms with Crippen LogP contribution in [0.15, 0.2) is 36.7 Å². The van der Waals surface area contributed by atoms with Gasteiger partial charge in [0.2, 0.25) is 0 Å². The van der Waals surface area contributed by atoms with Crippen LogP contribution in [0.4, 0.5) is 28.8 Å². The standard InChI is InChI=1S/C39H37ClF3N7O3S/c1-20-12-22-16-45-10-8-21(22)17-50(20)34-25-13-27(40)30(31(43)32(25)46-36(47-34)52-19-39-9-5-11-49(39)18-23(41)14-39)24-6-7-28(42)33-29(24)26(15-44)35(54-33)48-37(51)53-38(2,3)4/h6-8,10,13,16,20,23H,5,9,11-12,14,17-19H2,1-4H3,(H,48,51)/t20?,23-,39+/m1/s1.